The van der Waals surface area contributed by atoms with Crippen LogP contribution in [0, 0.1) is 11.3 Å². The van der Waals surface area contributed by atoms with Crippen molar-refractivity contribution < 1.29 is 9.59 Å². The molecule has 0 aromatic carbocycles. The summed E-state index contributed by atoms with van der Waals surface area (Å²) in [6.45, 7) is 4.52. The van der Waals surface area contributed by atoms with Gasteiger partial charge >= 0.3 is 0 Å². The second-order valence-electron chi connectivity index (χ2n) is 6.71. The van der Waals surface area contributed by atoms with Crippen molar-refractivity contribution >= 4 is 28.2 Å². The molecule has 25 heavy (non-hydrogen) atoms. The Morgan fingerprint density at radius 3 is 2.68 bits per heavy atom. The number of fused-ring (bicyclic) bond motifs is 1. The van der Waals surface area contributed by atoms with E-state index in [0.717, 1.165) is 31.2 Å². The van der Waals surface area contributed by atoms with E-state index in [2.05, 4.69) is 11.4 Å². The Hall–Kier alpha value is -1.91. The number of nitrogens with zero attached hydrogens (tertiary/aromatic N) is 2. The maximum Gasteiger partial charge on any atom is 0.231 e. The fourth-order valence-electron chi connectivity index (χ4n) is 3.10. The number of primary amides is 1. The van der Waals surface area contributed by atoms with E-state index in [-0.39, 0.29) is 24.9 Å². The number of hydrogen-bond donors (Lipinski definition) is 2. The minimum Gasteiger partial charge on any atom is -0.369 e. The van der Waals surface area contributed by atoms with Crippen molar-refractivity contribution in [2.45, 2.75) is 58.4 Å². The molecule has 1 aliphatic rings. The number of thiophene rings is 1. The number of rotatable bonds is 7. The number of nitrogens with two attached hydrogens (primary N) is 1. The van der Waals surface area contributed by atoms with E-state index < -0.39 is 5.91 Å². The van der Waals surface area contributed by atoms with Crippen LogP contribution in [0.3, 0.4) is 0 Å². The number of amides is 2. The molecule has 7 heteroatoms. The third kappa shape index (κ3) is 5.28. The fourth-order valence-corrected chi connectivity index (χ4v) is 4.36. The number of carbonyl (C=O) groups is 2. The van der Waals surface area contributed by atoms with Crippen molar-refractivity contribution in [3.63, 3.8) is 0 Å². The van der Waals surface area contributed by atoms with E-state index in [4.69, 9.17) is 5.73 Å². The van der Waals surface area contributed by atoms with Gasteiger partial charge in [0.15, 0.2) is 0 Å². The summed E-state index contributed by atoms with van der Waals surface area (Å²) in [6, 6.07) is 2.40. The fraction of sp³-hybridized carbons (Fsp3) is 0.611. The molecule has 0 bridgehead atoms. The summed E-state index contributed by atoms with van der Waals surface area (Å²) in [5, 5.41) is 13.1. The molecule has 2 amide bonds. The average Bonchev–Trinajstić information content (AvgIpc) is 2.71. The quantitative estimate of drug-likeness (QED) is 0.728. The Balaban J connectivity index is 2.01. The molecule has 0 radical (unpaired) electrons. The third-order valence-electron chi connectivity index (χ3n) is 4.50. The van der Waals surface area contributed by atoms with Gasteiger partial charge in [-0.05, 0) is 45.1 Å². The molecule has 1 aromatic rings. The highest BCUT2D eigenvalue weighted by molar-refractivity contribution is 7.16. The molecule has 1 heterocycles. The number of anilines is 1. The first-order valence-corrected chi connectivity index (χ1v) is 9.60. The predicted molar refractivity (Wildman–Crippen MR) is 99.4 cm³/mol. The zero-order valence-electron chi connectivity index (χ0n) is 14.9. The highest BCUT2D eigenvalue weighted by Gasteiger charge is 2.21. The Bertz CT molecular complexity index is 675. The van der Waals surface area contributed by atoms with E-state index in [1.54, 1.807) is 0 Å². The van der Waals surface area contributed by atoms with Crippen LogP contribution < -0.4 is 11.1 Å². The van der Waals surface area contributed by atoms with Gasteiger partial charge < -0.3 is 11.1 Å². The summed E-state index contributed by atoms with van der Waals surface area (Å²) in [5.74, 6) is -0.536. The number of nitrogens with one attached hydrogen (secondary N) is 1. The summed E-state index contributed by atoms with van der Waals surface area (Å²) < 4.78 is 0. The van der Waals surface area contributed by atoms with Gasteiger partial charge in [-0.2, -0.15) is 5.26 Å². The molecular formula is C18H26N4O2S. The number of hydrogen-bond acceptors (Lipinski definition) is 5. The van der Waals surface area contributed by atoms with Crippen LogP contribution in [0.15, 0.2) is 0 Å². The van der Waals surface area contributed by atoms with E-state index in [9.17, 15) is 14.9 Å². The average molecular weight is 362 g/mol. The standard InChI is InChI=1S/C18H26N4O2S/c1-12(2)22(11-16(20)23)9-8-17(24)21-18-14(10-19)13-6-4-3-5-7-15(13)25-18/h12H,3-9,11H2,1-2H3,(H2,20,23)(H,21,24). The van der Waals surface area contributed by atoms with E-state index in [1.165, 1.54) is 22.6 Å². The van der Waals surface area contributed by atoms with E-state index in [0.29, 0.717) is 17.1 Å². The largest absolute Gasteiger partial charge is 0.369 e. The Labute approximate surface area is 153 Å². The molecule has 3 N–H and O–H groups in total. The van der Waals surface area contributed by atoms with Crippen LogP contribution in [0.1, 0.15) is 55.5 Å². The van der Waals surface area contributed by atoms with Gasteiger partial charge in [-0.25, -0.2) is 0 Å². The lowest BCUT2D eigenvalue weighted by atomic mass is 10.1. The summed E-state index contributed by atoms with van der Waals surface area (Å²) in [4.78, 5) is 26.5. The molecule has 0 saturated carbocycles. The van der Waals surface area contributed by atoms with Crippen molar-refractivity contribution in [3.8, 4) is 6.07 Å². The van der Waals surface area contributed by atoms with Gasteiger partial charge in [0, 0.05) is 23.9 Å². The third-order valence-corrected chi connectivity index (χ3v) is 5.71. The van der Waals surface area contributed by atoms with Gasteiger partial charge in [0.2, 0.25) is 11.8 Å². The van der Waals surface area contributed by atoms with Crippen molar-refractivity contribution in [2.24, 2.45) is 5.73 Å². The normalized spacial score (nSPS) is 14.0. The van der Waals surface area contributed by atoms with Gasteiger partial charge in [-0.1, -0.05) is 6.42 Å². The highest BCUT2D eigenvalue weighted by Crippen LogP contribution is 2.36. The number of carbonyl (C=O) groups excluding carboxylic acids is 2. The highest BCUT2D eigenvalue weighted by atomic mass is 32.1. The first-order chi connectivity index (χ1) is 11.9. The van der Waals surface area contributed by atoms with Crippen molar-refractivity contribution in [1.82, 2.24) is 4.90 Å². The molecule has 0 unspecified atom stereocenters. The molecule has 0 fully saturated rings. The molecule has 1 aliphatic carbocycles. The van der Waals surface area contributed by atoms with Gasteiger partial charge in [-0.15, -0.1) is 11.3 Å². The second kappa shape index (κ2) is 8.97. The van der Waals surface area contributed by atoms with Crippen LogP contribution in [0.25, 0.3) is 0 Å². The molecule has 0 aliphatic heterocycles. The maximum absolute atomic E-state index is 12.3. The molecule has 1 aromatic heterocycles. The lowest BCUT2D eigenvalue weighted by molar-refractivity contribution is -0.121. The maximum atomic E-state index is 12.3. The molecule has 136 valence electrons. The van der Waals surface area contributed by atoms with E-state index >= 15 is 0 Å². The lowest BCUT2D eigenvalue weighted by Gasteiger charge is -2.24. The van der Waals surface area contributed by atoms with Gasteiger partial charge in [0.25, 0.3) is 0 Å². The van der Waals surface area contributed by atoms with Crippen molar-refractivity contribution in [3.05, 3.63) is 16.0 Å². The second-order valence-corrected chi connectivity index (χ2v) is 7.81. The molecular weight excluding hydrogens is 336 g/mol. The zero-order chi connectivity index (χ0) is 18.4. The smallest absolute Gasteiger partial charge is 0.231 e. The van der Waals surface area contributed by atoms with Crippen LogP contribution in [-0.4, -0.2) is 35.8 Å². The van der Waals surface area contributed by atoms with Crippen molar-refractivity contribution in [1.29, 1.82) is 5.26 Å². The first-order valence-electron chi connectivity index (χ1n) is 8.79. The predicted octanol–water partition coefficient (Wildman–Crippen LogP) is 2.41. The molecule has 0 atom stereocenters. The minimum absolute atomic E-state index is 0.132. The Morgan fingerprint density at radius 1 is 1.32 bits per heavy atom. The van der Waals surface area contributed by atoms with Crippen LogP contribution in [0.5, 0.6) is 0 Å². The Morgan fingerprint density at radius 2 is 2.04 bits per heavy atom. The summed E-state index contributed by atoms with van der Waals surface area (Å²) >= 11 is 1.54. The van der Waals surface area contributed by atoms with Crippen molar-refractivity contribution in [2.75, 3.05) is 18.4 Å². The number of aryl methyl sites for hydroxylation is 1. The number of nitriles is 1. The SMILES string of the molecule is CC(C)N(CCC(=O)Nc1sc2c(c1C#N)CCCCC2)CC(N)=O. The van der Waals surface area contributed by atoms with Gasteiger partial charge in [-0.3, -0.25) is 14.5 Å². The minimum atomic E-state index is -0.400. The summed E-state index contributed by atoms with van der Waals surface area (Å²) in [7, 11) is 0. The zero-order valence-corrected chi connectivity index (χ0v) is 15.7. The van der Waals surface area contributed by atoms with Crippen LogP contribution >= 0.6 is 11.3 Å². The van der Waals surface area contributed by atoms with Gasteiger partial charge in [0.1, 0.15) is 11.1 Å². The topological polar surface area (TPSA) is 99.2 Å². The van der Waals surface area contributed by atoms with Crippen LogP contribution in [0.2, 0.25) is 0 Å². The molecule has 6 nitrogen and oxygen atoms in total. The molecule has 0 spiro atoms. The summed E-state index contributed by atoms with van der Waals surface area (Å²) in [6.07, 6.45) is 5.61. The van der Waals surface area contributed by atoms with Crippen LogP contribution in [0.4, 0.5) is 5.00 Å². The first kappa shape index (κ1) is 19.4. The Kier molecular flexibility index (Phi) is 6.97. The van der Waals surface area contributed by atoms with Crippen LogP contribution in [-0.2, 0) is 22.4 Å². The molecule has 2 rings (SSSR count). The molecule has 0 saturated heterocycles. The lowest BCUT2D eigenvalue weighted by Crippen LogP contribution is -2.40. The van der Waals surface area contributed by atoms with E-state index in [1.807, 2.05) is 18.7 Å². The monoisotopic (exact) mass is 362 g/mol. The van der Waals surface area contributed by atoms with Gasteiger partial charge in [0.05, 0.1) is 12.1 Å². The summed E-state index contributed by atoms with van der Waals surface area (Å²) in [5.41, 5.74) is 7.01.